The summed E-state index contributed by atoms with van der Waals surface area (Å²) in [6.45, 7) is -0.657. The average Bonchev–Trinajstić information content (AvgIpc) is 2.34. The SMILES string of the molecule is COc1cccc(NC(CO)CO)c1[N+](=O)[O-]. The Hall–Kier alpha value is -1.86. The van der Waals surface area contributed by atoms with E-state index in [-0.39, 0.29) is 30.3 Å². The normalized spacial score (nSPS) is 10.4. The van der Waals surface area contributed by atoms with Crippen molar-refractivity contribution in [1.29, 1.82) is 0 Å². The van der Waals surface area contributed by atoms with Crippen molar-refractivity contribution in [3.8, 4) is 5.75 Å². The van der Waals surface area contributed by atoms with Crippen molar-refractivity contribution in [1.82, 2.24) is 0 Å². The van der Waals surface area contributed by atoms with E-state index in [1.54, 1.807) is 6.07 Å². The molecule has 0 radical (unpaired) electrons. The minimum atomic E-state index is -0.652. The second kappa shape index (κ2) is 6.02. The number of nitro benzene ring substituents is 1. The molecule has 1 rings (SSSR count). The maximum absolute atomic E-state index is 10.9. The zero-order valence-corrected chi connectivity index (χ0v) is 9.29. The van der Waals surface area contributed by atoms with Gasteiger partial charge in [-0.1, -0.05) is 6.07 Å². The van der Waals surface area contributed by atoms with Crippen LogP contribution in [0.5, 0.6) is 5.75 Å². The van der Waals surface area contributed by atoms with Gasteiger partial charge in [0.05, 0.1) is 31.3 Å². The predicted octanol–water partition coefficient (Wildman–Crippen LogP) is 0.368. The monoisotopic (exact) mass is 242 g/mol. The van der Waals surface area contributed by atoms with Gasteiger partial charge in [-0.15, -0.1) is 0 Å². The first kappa shape index (κ1) is 13.2. The Morgan fingerprint density at radius 2 is 2.12 bits per heavy atom. The van der Waals surface area contributed by atoms with Gasteiger partial charge in [-0.05, 0) is 12.1 Å². The molecule has 0 heterocycles. The van der Waals surface area contributed by atoms with Gasteiger partial charge in [-0.3, -0.25) is 10.1 Å². The highest BCUT2D eigenvalue weighted by molar-refractivity contribution is 5.68. The van der Waals surface area contributed by atoms with E-state index in [1.807, 2.05) is 0 Å². The molecule has 0 aromatic heterocycles. The number of nitrogens with zero attached hydrogens (tertiary/aromatic N) is 1. The maximum atomic E-state index is 10.9. The largest absolute Gasteiger partial charge is 0.490 e. The Kier molecular flexibility index (Phi) is 4.68. The fourth-order valence-electron chi connectivity index (χ4n) is 1.36. The number of rotatable bonds is 6. The van der Waals surface area contributed by atoms with Crippen molar-refractivity contribution in [3.63, 3.8) is 0 Å². The molecule has 0 unspecified atom stereocenters. The molecular weight excluding hydrogens is 228 g/mol. The van der Waals surface area contributed by atoms with Crippen LogP contribution in [0.2, 0.25) is 0 Å². The summed E-state index contributed by atoms with van der Waals surface area (Å²) in [5, 5.41) is 31.4. The quantitative estimate of drug-likeness (QED) is 0.491. The van der Waals surface area contributed by atoms with Crippen LogP contribution in [0.15, 0.2) is 18.2 Å². The topological polar surface area (TPSA) is 105 Å². The third kappa shape index (κ3) is 3.05. The standard InChI is InChI=1S/C10H14N2O5/c1-17-9-4-2-3-8(10(9)12(15)16)11-7(5-13)6-14/h2-4,7,11,13-14H,5-6H2,1H3. The van der Waals surface area contributed by atoms with Gasteiger partial charge in [0, 0.05) is 0 Å². The molecule has 0 bridgehead atoms. The van der Waals surface area contributed by atoms with Crippen molar-refractivity contribution in [3.05, 3.63) is 28.3 Å². The van der Waals surface area contributed by atoms with Crippen LogP contribution in [0.4, 0.5) is 11.4 Å². The average molecular weight is 242 g/mol. The van der Waals surface area contributed by atoms with Gasteiger partial charge in [0.1, 0.15) is 5.69 Å². The van der Waals surface area contributed by atoms with Crippen molar-refractivity contribution in [2.45, 2.75) is 6.04 Å². The molecule has 0 aliphatic carbocycles. The lowest BCUT2D eigenvalue weighted by Gasteiger charge is -2.15. The highest BCUT2D eigenvalue weighted by Crippen LogP contribution is 2.34. The van der Waals surface area contributed by atoms with Crippen LogP contribution in [0.3, 0.4) is 0 Å². The Morgan fingerprint density at radius 3 is 2.59 bits per heavy atom. The highest BCUT2D eigenvalue weighted by atomic mass is 16.6. The van der Waals surface area contributed by atoms with E-state index in [2.05, 4.69) is 5.32 Å². The number of aliphatic hydroxyl groups is 2. The van der Waals surface area contributed by atoms with E-state index >= 15 is 0 Å². The van der Waals surface area contributed by atoms with Gasteiger partial charge in [0.15, 0.2) is 5.75 Å². The minimum absolute atomic E-state index is 0.120. The first-order chi connectivity index (χ1) is 8.13. The molecule has 0 amide bonds. The zero-order chi connectivity index (χ0) is 12.8. The van der Waals surface area contributed by atoms with E-state index in [0.717, 1.165) is 0 Å². The molecule has 0 aliphatic rings. The van der Waals surface area contributed by atoms with Gasteiger partial charge in [0.25, 0.3) is 0 Å². The van der Waals surface area contributed by atoms with Gasteiger partial charge in [0.2, 0.25) is 0 Å². The van der Waals surface area contributed by atoms with Crippen LogP contribution in [0.25, 0.3) is 0 Å². The minimum Gasteiger partial charge on any atom is -0.490 e. The van der Waals surface area contributed by atoms with E-state index in [0.29, 0.717) is 0 Å². The van der Waals surface area contributed by atoms with Gasteiger partial charge in [-0.25, -0.2) is 0 Å². The third-order valence-corrected chi connectivity index (χ3v) is 2.20. The van der Waals surface area contributed by atoms with Crippen molar-refractivity contribution < 1.29 is 19.9 Å². The molecule has 0 saturated heterocycles. The fourth-order valence-corrected chi connectivity index (χ4v) is 1.36. The molecule has 1 aromatic carbocycles. The van der Waals surface area contributed by atoms with E-state index < -0.39 is 11.0 Å². The lowest BCUT2D eigenvalue weighted by Crippen LogP contribution is -2.28. The maximum Gasteiger partial charge on any atom is 0.333 e. The Labute approximate surface area is 97.8 Å². The molecule has 7 heteroatoms. The summed E-state index contributed by atoms with van der Waals surface area (Å²) in [5.41, 5.74) is -0.0237. The van der Waals surface area contributed by atoms with Gasteiger partial charge in [-0.2, -0.15) is 0 Å². The Morgan fingerprint density at radius 1 is 1.47 bits per heavy atom. The lowest BCUT2D eigenvalue weighted by atomic mass is 10.2. The second-order valence-corrected chi connectivity index (χ2v) is 3.32. The molecule has 0 saturated carbocycles. The van der Waals surface area contributed by atoms with Crippen LogP contribution in [-0.2, 0) is 0 Å². The number of nitrogens with one attached hydrogen (secondary N) is 1. The molecule has 0 aliphatic heterocycles. The van der Waals surface area contributed by atoms with Crippen molar-refractivity contribution in [2.75, 3.05) is 25.6 Å². The van der Waals surface area contributed by atoms with Gasteiger partial charge >= 0.3 is 5.69 Å². The van der Waals surface area contributed by atoms with Crippen LogP contribution in [0, 0.1) is 10.1 Å². The van der Waals surface area contributed by atoms with Crippen LogP contribution >= 0.6 is 0 Å². The summed E-state index contributed by atoms with van der Waals surface area (Å²) < 4.78 is 4.89. The summed E-state index contributed by atoms with van der Waals surface area (Å²) in [4.78, 5) is 10.3. The first-order valence-corrected chi connectivity index (χ1v) is 4.93. The predicted molar refractivity (Wildman–Crippen MR) is 61.2 cm³/mol. The van der Waals surface area contributed by atoms with E-state index in [1.165, 1.54) is 19.2 Å². The molecule has 0 fully saturated rings. The Balaban J connectivity index is 3.09. The number of anilines is 1. The van der Waals surface area contributed by atoms with Crippen molar-refractivity contribution >= 4 is 11.4 Å². The summed E-state index contributed by atoms with van der Waals surface area (Å²) >= 11 is 0. The summed E-state index contributed by atoms with van der Waals surface area (Å²) in [6, 6.07) is 3.88. The molecule has 1 aromatic rings. The molecule has 17 heavy (non-hydrogen) atoms. The zero-order valence-electron chi connectivity index (χ0n) is 9.29. The number of hydrogen-bond acceptors (Lipinski definition) is 6. The summed E-state index contributed by atoms with van der Waals surface area (Å²) in [6.07, 6.45) is 0. The number of nitro groups is 1. The number of benzene rings is 1. The Bertz CT molecular complexity index is 392. The molecular formula is C10H14N2O5. The number of methoxy groups -OCH3 is 1. The molecule has 94 valence electrons. The first-order valence-electron chi connectivity index (χ1n) is 4.93. The summed E-state index contributed by atoms with van der Waals surface area (Å²) in [5.74, 6) is 0.120. The third-order valence-electron chi connectivity index (χ3n) is 2.20. The van der Waals surface area contributed by atoms with Crippen LogP contribution in [-0.4, -0.2) is 41.5 Å². The van der Waals surface area contributed by atoms with Crippen LogP contribution in [0.1, 0.15) is 0 Å². The number of aliphatic hydroxyl groups excluding tert-OH is 2. The lowest BCUT2D eigenvalue weighted by molar-refractivity contribution is -0.384. The molecule has 3 N–H and O–H groups in total. The molecule has 0 spiro atoms. The second-order valence-electron chi connectivity index (χ2n) is 3.32. The number of ether oxygens (including phenoxy) is 1. The highest BCUT2D eigenvalue weighted by Gasteiger charge is 2.21. The van der Waals surface area contributed by atoms with E-state index in [9.17, 15) is 10.1 Å². The molecule has 7 nitrogen and oxygen atoms in total. The number of hydrogen-bond donors (Lipinski definition) is 3. The van der Waals surface area contributed by atoms with Gasteiger partial charge < -0.3 is 20.3 Å². The number of para-hydroxylation sites is 1. The molecule has 0 atom stereocenters. The van der Waals surface area contributed by atoms with Crippen LogP contribution < -0.4 is 10.1 Å². The summed E-state index contributed by atoms with van der Waals surface area (Å²) in [7, 11) is 1.34. The van der Waals surface area contributed by atoms with E-state index in [4.69, 9.17) is 14.9 Å². The smallest absolute Gasteiger partial charge is 0.333 e. The van der Waals surface area contributed by atoms with Crippen molar-refractivity contribution in [2.24, 2.45) is 0 Å². The fraction of sp³-hybridized carbons (Fsp3) is 0.400.